The van der Waals surface area contributed by atoms with Gasteiger partial charge < -0.3 is 38.2 Å². The molecule has 0 saturated heterocycles. The lowest BCUT2D eigenvalue weighted by Gasteiger charge is -2.29. The van der Waals surface area contributed by atoms with Crippen LogP contribution in [0.25, 0.3) is 0 Å². The summed E-state index contributed by atoms with van der Waals surface area (Å²) in [7, 11) is 9.79. The van der Waals surface area contributed by atoms with Crippen LogP contribution in [-0.2, 0) is 28.4 Å². The second-order valence-corrected chi connectivity index (χ2v) is 6.93. The van der Waals surface area contributed by atoms with Gasteiger partial charge in [0.2, 0.25) is 5.96 Å². The molecular formula is C20H39N5O6. The van der Waals surface area contributed by atoms with Gasteiger partial charge in [-0.2, -0.15) is 9.98 Å². The quantitative estimate of drug-likeness (QED) is 0.348. The molecule has 0 aromatic heterocycles. The van der Waals surface area contributed by atoms with Crippen molar-refractivity contribution in [2.24, 2.45) is 15.9 Å². The number of ether oxygens (including phenoxy) is 6. The molecule has 1 atom stereocenters. The van der Waals surface area contributed by atoms with Crippen molar-refractivity contribution in [3.05, 3.63) is 11.9 Å². The van der Waals surface area contributed by atoms with Crippen molar-refractivity contribution in [2.45, 2.75) is 19.8 Å². The largest absolute Gasteiger partial charge is 0.364 e. The molecule has 0 amide bonds. The maximum Gasteiger partial charge on any atom is 0.232 e. The average Bonchev–Trinajstić information content (AvgIpc) is 2.93. The molecule has 0 aliphatic carbocycles. The van der Waals surface area contributed by atoms with Crippen molar-refractivity contribution in [3.63, 3.8) is 0 Å². The van der Waals surface area contributed by atoms with Crippen molar-refractivity contribution < 1.29 is 28.4 Å². The van der Waals surface area contributed by atoms with Crippen molar-refractivity contribution in [1.82, 2.24) is 14.7 Å². The van der Waals surface area contributed by atoms with E-state index in [0.717, 1.165) is 18.7 Å². The molecule has 0 radical (unpaired) electrons. The maximum absolute atomic E-state index is 5.41. The predicted molar refractivity (Wildman–Crippen MR) is 118 cm³/mol. The first kappa shape index (κ1) is 27.3. The van der Waals surface area contributed by atoms with Crippen LogP contribution < -0.4 is 0 Å². The van der Waals surface area contributed by atoms with E-state index in [4.69, 9.17) is 38.4 Å². The number of nitrogens with zero attached hydrogens (tertiary/aromatic N) is 5. The molecule has 1 unspecified atom stereocenters. The Balaban J connectivity index is 3.57. The first-order valence-corrected chi connectivity index (χ1v) is 10.2. The monoisotopic (exact) mass is 445 g/mol. The van der Waals surface area contributed by atoms with Gasteiger partial charge in [0, 0.05) is 48.6 Å². The molecule has 11 nitrogen and oxygen atoms in total. The first-order valence-electron chi connectivity index (χ1n) is 10.2. The van der Waals surface area contributed by atoms with Crippen molar-refractivity contribution in [2.75, 3.05) is 83.0 Å². The van der Waals surface area contributed by atoms with E-state index in [1.165, 1.54) is 0 Å². The second kappa shape index (κ2) is 16.0. The lowest BCUT2D eigenvalue weighted by Crippen LogP contribution is -2.41. The highest BCUT2D eigenvalue weighted by Crippen LogP contribution is 2.23. The third-order valence-corrected chi connectivity index (χ3v) is 4.35. The lowest BCUT2D eigenvalue weighted by atomic mass is 10.0. The number of guanidine groups is 1. The Kier molecular flexibility index (Phi) is 14.0. The summed E-state index contributed by atoms with van der Waals surface area (Å²) in [5.74, 6) is 1.93. The SMILES string of the molecule is CCCC1C=C(N(COC)COC)N=C(N(COC)COC)N=C1N(COC)COC. The van der Waals surface area contributed by atoms with E-state index in [1.807, 2.05) is 9.80 Å². The van der Waals surface area contributed by atoms with E-state index >= 15 is 0 Å². The molecule has 0 N–H and O–H groups in total. The molecule has 0 fully saturated rings. The molecule has 0 saturated carbocycles. The highest BCUT2D eigenvalue weighted by Gasteiger charge is 2.27. The van der Waals surface area contributed by atoms with Gasteiger partial charge in [-0.3, -0.25) is 4.90 Å². The van der Waals surface area contributed by atoms with Crippen molar-refractivity contribution >= 4 is 11.8 Å². The zero-order chi connectivity index (χ0) is 23.1. The molecular weight excluding hydrogens is 406 g/mol. The van der Waals surface area contributed by atoms with Gasteiger partial charge in [0.25, 0.3) is 0 Å². The number of amidine groups is 1. The summed E-state index contributed by atoms with van der Waals surface area (Å²) in [6.07, 6.45) is 3.92. The molecule has 11 heteroatoms. The van der Waals surface area contributed by atoms with E-state index in [2.05, 4.69) is 13.0 Å². The summed E-state index contributed by atoms with van der Waals surface area (Å²) in [6, 6.07) is 0. The molecule has 1 aliphatic rings. The fourth-order valence-electron chi connectivity index (χ4n) is 3.18. The van der Waals surface area contributed by atoms with Crippen LogP contribution in [0, 0.1) is 5.92 Å². The van der Waals surface area contributed by atoms with E-state index in [-0.39, 0.29) is 19.4 Å². The van der Waals surface area contributed by atoms with Crippen LogP contribution in [0.15, 0.2) is 21.9 Å². The van der Waals surface area contributed by atoms with Gasteiger partial charge in [0.15, 0.2) is 0 Å². The standard InChI is InChI=1S/C20H39N5O6/c1-8-9-17-10-18(23(11-26-2)12-27-3)21-20(25(15-30-6)16-31-7)22-19(17)24(13-28-4)14-29-5/h10,17H,8-9,11-16H2,1-7H3. The molecule has 31 heavy (non-hydrogen) atoms. The van der Waals surface area contributed by atoms with Crippen LogP contribution in [0.5, 0.6) is 0 Å². The maximum atomic E-state index is 5.41. The van der Waals surface area contributed by atoms with E-state index in [1.54, 1.807) is 47.6 Å². The summed E-state index contributed by atoms with van der Waals surface area (Å²) < 4.78 is 32.3. The third kappa shape index (κ3) is 8.71. The van der Waals surface area contributed by atoms with Crippen molar-refractivity contribution in [3.8, 4) is 0 Å². The molecule has 0 spiro atoms. The number of aliphatic imine (C=N–C) groups is 2. The van der Waals surface area contributed by atoms with Crippen molar-refractivity contribution in [1.29, 1.82) is 0 Å². The Bertz CT molecular complexity index is 568. The Morgan fingerprint density at radius 3 is 1.58 bits per heavy atom. The van der Waals surface area contributed by atoms with Crippen LogP contribution in [0.3, 0.4) is 0 Å². The topological polar surface area (TPSA) is 89.8 Å². The molecule has 180 valence electrons. The summed E-state index contributed by atoms with van der Waals surface area (Å²) in [6.45, 7) is 3.96. The Labute approximate surface area is 186 Å². The molecule has 0 aromatic carbocycles. The minimum atomic E-state index is -0.0188. The number of methoxy groups -OCH3 is 6. The van der Waals surface area contributed by atoms with Crippen LogP contribution in [-0.4, -0.2) is 110 Å². The Hall–Kier alpha value is -1.76. The summed E-state index contributed by atoms with van der Waals surface area (Å²) in [5, 5.41) is 0. The summed E-state index contributed by atoms with van der Waals surface area (Å²) in [4.78, 5) is 15.4. The van der Waals surface area contributed by atoms with Gasteiger partial charge in [-0.1, -0.05) is 13.3 Å². The lowest BCUT2D eigenvalue weighted by molar-refractivity contribution is 0.00713. The third-order valence-electron chi connectivity index (χ3n) is 4.35. The zero-order valence-corrected chi connectivity index (χ0v) is 20.0. The fraction of sp³-hybridized carbons (Fsp3) is 0.800. The molecule has 1 aliphatic heterocycles. The van der Waals surface area contributed by atoms with Crippen LogP contribution in [0.2, 0.25) is 0 Å². The highest BCUT2D eigenvalue weighted by molar-refractivity contribution is 5.99. The Morgan fingerprint density at radius 2 is 1.13 bits per heavy atom. The van der Waals surface area contributed by atoms with Gasteiger partial charge >= 0.3 is 0 Å². The van der Waals surface area contributed by atoms with Crippen LogP contribution in [0.1, 0.15) is 19.8 Å². The van der Waals surface area contributed by atoms with Crippen LogP contribution in [0.4, 0.5) is 0 Å². The van der Waals surface area contributed by atoms with Gasteiger partial charge in [-0.15, -0.1) is 0 Å². The number of hydrogen-bond acceptors (Lipinski definition) is 11. The van der Waals surface area contributed by atoms with E-state index < -0.39 is 0 Å². The Morgan fingerprint density at radius 1 is 0.677 bits per heavy atom. The average molecular weight is 446 g/mol. The summed E-state index contributed by atoms with van der Waals surface area (Å²) in [5.41, 5.74) is 0. The minimum absolute atomic E-state index is 0.0188. The molecule has 0 aromatic rings. The van der Waals surface area contributed by atoms with Gasteiger partial charge in [-0.05, 0) is 12.5 Å². The van der Waals surface area contributed by atoms with Gasteiger partial charge in [-0.25, -0.2) is 0 Å². The minimum Gasteiger partial charge on any atom is -0.364 e. The number of rotatable bonds is 15. The zero-order valence-electron chi connectivity index (χ0n) is 20.0. The fourth-order valence-corrected chi connectivity index (χ4v) is 3.18. The normalized spacial score (nSPS) is 16.4. The smallest absolute Gasteiger partial charge is 0.232 e. The predicted octanol–water partition coefficient (Wildman–Crippen LogP) is 1.54. The number of hydrogen-bond donors (Lipinski definition) is 0. The molecule has 1 rings (SSSR count). The molecule has 1 heterocycles. The summed E-state index contributed by atoms with van der Waals surface area (Å²) >= 11 is 0. The van der Waals surface area contributed by atoms with E-state index in [9.17, 15) is 0 Å². The van der Waals surface area contributed by atoms with Crippen LogP contribution >= 0.6 is 0 Å². The second-order valence-electron chi connectivity index (χ2n) is 6.93. The molecule has 0 bridgehead atoms. The van der Waals surface area contributed by atoms with Gasteiger partial charge in [0.1, 0.15) is 52.0 Å². The highest BCUT2D eigenvalue weighted by atomic mass is 16.5. The van der Waals surface area contributed by atoms with Gasteiger partial charge in [0.05, 0.1) is 0 Å². The van der Waals surface area contributed by atoms with E-state index in [0.29, 0.717) is 38.7 Å². The first-order chi connectivity index (χ1) is 15.1.